The Labute approximate surface area is 233 Å². The SMILES string of the molecule is CCOC(C)=NC(=O)c1ccccc1OC.COc1ccccc1-c1nc(C)nn1-c1ccc(S(N)(=O)=O)cc1. The normalized spacial score (nSPS) is 11.3. The summed E-state index contributed by atoms with van der Waals surface area (Å²) in [5.41, 5.74) is 1.89. The molecule has 0 fully saturated rings. The first kappa shape index (κ1) is 30.0. The second-order valence-corrected chi connectivity index (χ2v) is 9.76. The first-order valence-corrected chi connectivity index (χ1v) is 13.7. The van der Waals surface area contributed by atoms with Crippen LogP contribution in [-0.2, 0) is 14.8 Å². The van der Waals surface area contributed by atoms with Crippen LogP contribution < -0.4 is 14.6 Å². The minimum Gasteiger partial charge on any atom is -0.496 e. The molecule has 0 bridgehead atoms. The molecule has 1 heterocycles. The van der Waals surface area contributed by atoms with Crippen molar-refractivity contribution in [3.63, 3.8) is 0 Å². The van der Waals surface area contributed by atoms with Crippen LogP contribution in [0, 0.1) is 6.92 Å². The van der Waals surface area contributed by atoms with Crippen LogP contribution in [0.25, 0.3) is 17.1 Å². The van der Waals surface area contributed by atoms with Gasteiger partial charge in [-0.2, -0.15) is 10.1 Å². The number of carbonyl (C=O) groups is 1. The number of aliphatic imine (C=N–C) groups is 1. The fourth-order valence-corrected chi connectivity index (χ4v) is 4.16. The van der Waals surface area contributed by atoms with Crippen LogP contribution in [-0.4, -0.2) is 55.8 Å². The molecule has 3 aromatic carbocycles. The van der Waals surface area contributed by atoms with Gasteiger partial charge in [0.05, 0.1) is 42.5 Å². The van der Waals surface area contributed by atoms with E-state index in [9.17, 15) is 13.2 Å². The van der Waals surface area contributed by atoms with Crippen LogP contribution in [0.1, 0.15) is 30.0 Å². The second-order valence-electron chi connectivity index (χ2n) is 8.20. The zero-order valence-corrected chi connectivity index (χ0v) is 23.7. The Morgan fingerprint density at radius 2 is 1.55 bits per heavy atom. The highest BCUT2D eigenvalue weighted by Crippen LogP contribution is 2.30. The van der Waals surface area contributed by atoms with Crippen molar-refractivity contribution in [2.24, 2.45) is 10.1 Å². The summed E-state index contributed by atoms with van der Waals surface area (Å²) < 4.78 is 40.0. The average molecular weight is 566 g/mol. The fraction of sp³-hybridized carbons (Fsp3) is 0.214. The number of sulfonamides is 1. The van der Waals surface area contributed by atoms with Gasteiger partial charge in [0.15, 0.2) is 11.7 Å². The number of aromatic nitrogens is 3. The fourth-order valence-electron chi connectivity index (χ4n) is 3.64. The molecule has 0 atom stereocenters. The predicted octanol–water partition coefficient (Wildman–Crippen LogP) is 4.19. The molecule has 0 saturated carbocycles. The van der Waals surface area contributed by atoms with Crippen LogP contribution >= 0.6 is 0 Å². The van der Waals surface area contributed by atoms with E-state index in [1.54, 1.807) is 62.0 Å². The number of primary sulfonamides is 1. The summed E-state index contributed by atoms with van der Waals surface area (Å²) >= 11 is 0. The van der Waals surface area contributed by atoms with Gasteiger partial charge in [-0.15, -0.1) is 0 Å². The number of hydrogen-bond acceptors (Lipinski definition) is 8. The maximum atomic E-state index is 11.8. The Balaban J connectivity index is 0.000000241. The van der Waals surface area contributed by atoms with Crippen molar-refractivity contribution in [1.29, 1.82) is 0 Å². The number of para-hydroxylation sites is 2. The molecule has 0 radical (unpaired) electrons. The minimum absolute atomic E-state index is 0.0435. The predicted molar refractivity (Wildman–Crippen MR) is 152 cm³/mol. The van der Waals surface area contributed by atoms with E-state index >= 15 is 0 Å². The lowest BCUT2D eigenvalue weighted by atomic mass is 10.2. The number of nitrogens with zero attached hydrogens (tertiary/aromatic N) is 4. The minimum atomic E-state index is -3.73. The highest BCUT2D eigenvalue weighted by molar-refractivity contribution is 7.89. The van der Waals surface area contributed by atoms with Crippen LogP contribution in [0.15, 0.2) is 82.7 Å². The van der Waals surface area contributed by atoms with Gasteiger partial charge in [0.2, 0.25) is 10.0 Å². The Bertz CT molecular complexity index is 1600. The smallest absolute Gasteiger partial charge is 0.283 e. The lowest BCUT2D eigenvalue weighted by Crippen LogP contribution is -2.12. The number of hydrogen-bond donors (Lipinski definition) is 1. The standard InChI is InChI=1S/C16H16N4O3S.C12H15NO3/c1-11-18-16(14-5-3-4-6-15(14)23-2)20(19-11)12-7-9-13(10-8-12)24(17,21)22;1-4-16-9(2)13-12(14)10-7-5-6-8-11(10)15-3/h3-10H,1-2H3,(H2,17,21,22);5-8H,4H2,1-3H3. The summed E-state index contributed by atoms with van der Waals surface area (Å²) in [7, 11) is -0.625. The Kier molecular flexibility index (Phi) is 10.1. The lowest BCUT2D eigenvalue weighted by Gasteiger charge is -2.10. The number of carbonyl (C=O) groups excluding carboxylic acids is 1. The molecule has 40 heavy (non-hydrogen) atoms. The van der Waals surface area contributed by atoms with Gasteiger partial charge < -0.3 is 14.2 Å². The van der Waals surface area contributed by atoms with Gasteiger partial charge in [0.1, 0.15) is 17.3 Å². The van der Waals surface area contributed by atoms with Gasteiger partial charge in [-0.1, -0.05) is 24.3 Å². The maximum Gasteiger partial charge on any atom is 0.283 e. The lowest BCUT2D eigenvalue weighted by molar-refractivity contribution is 0.0996. The van der Waals surface area contributed by atoms with Crippen molar-refractivity contribution in [3.8, 4) is 28.6 Å². The molecule has 0 aliphatic rings. The Morgan fingerprint density at radius 1 is 0.950 bits per heavy atom. The molecule has 210 valence electrons. The molecule has 12 heteroatoms. The number of ether oxygens (including phenoxy) is 3. The zero-order valence-electron chi connectivity index (χ0n) is 22.9. The van der Waals surface area contributed by atoms with Gasteiger partial charge in [-0.05, 0) is 62.4 Å². The molecule has 0 saturated heterocycles. The molecule has 4 rings (SSSR count). The van der Waals surface area contributed by atoms with E-state index in [0.29, 0.717) is 46.9 Å². The highest BCUT2D eigenvalue weighted by atomic mass is 32.2. The molecule has 2 N–H and O–H groups in total. The van der Waals surface area contributed by atoms with Gasteiger partial charge >= 0.3 is 0 Å². The van der Waals surface area contributed by atoms with Crippen molar-refractivity contribution in [2.45, 2.75) is 25.7 Å². The molecule has 1 amide bonds. The number of nitrogens with two attached hydrogens (primary N) is 1. The van der Waals surface area contributed by atoms with Gasteiger partial charge in [0, 0.05) is 6.92 Å². The largest absolute Gasteiger partial charge is 0.496 e. The van der Waals surface area contributed by atoms with E-state index in [-0.39, 0.29) is 10.8 Å². The monoisotopic (exact) mass is 565 g/mol. The summed E-state index contributed by atoms with van der Waals surface area (Å²) in [6, 6.07) is 20.6. The van der Waals surface area contributed by atoms with E-state index in [2.05, 4.69) is 15.1 Å². The van der Waals surface area contributed by atoms with Crippen LogP contribution in [0.5, 0.6) is 11.5 Å². The summed E-state index contributed by atoms with van der Waals surface area (Å²) in [5, 5.41) is 9.52. The molecule has 0 aliphatic heterocycles. The number of rotatable bonds is 7. The topological polar surface area (TPSA) is 148 Å². The molecule has 11 nitrogen and oxygen atoms in total. The van der Waals surface area contributed by atoms with Crippen molar-refractivity contribution in [3.05, 3.63) is 84.2 Å². The second kappa shape index (κ2) is 13.5. The quantitative estimate of drug-likeness (QED) is 0.259. The Morgan fingerprint density at radius 3 is 2.15 bits per heavy atom. The third kappa shape index (κ3) is 7.52. The van der Waals surface area contributed by atoms with Crippen molar-refractivity contribution >= 4 is 21.8 Å². The third-order valence-corrected chi connectivity index (χ3v) is 6.35. The van der Waals surface area contributed by atoms with E-state index in [0.717, 1.165) is 5.56 Å². The van der Waals surface area contributed by atoms with E-state index < -0.39 is 10.0 Å². The van der Waals surface area contributed by atoms with Crippen molar-refractivity contribution < 1.29 is 27.4 Å². The number of benzene rings is 3. The van der Waals surface area contributed by atoms with E-state index in [4.69, 9.17) is 19.3 Å². The van der Waals surface area contributed by atoms with Crippen LogP contribution in [0.4, 0.5) is 0 Å². The summed E-state index contributed by atoms with van der Waals surface area (Å²) in [5.74, 6) is 2.38. The highest BCUT2D eigenvalue weighted by Gasteiger charge is 2.16. The van der Waals surface area contributed by atoms with Gasteiger partial charge in [0.25, 0.3) is 5.91 Å². The van der Waals surface area contributed by atoms with Crippen molar-refractivity contribution in [1.82, 2.24) is 14.8 Å². The van der Waals surface area contributed by atoms with Crippen molar-refractivity contribution in [2.75, 3.05) is 20.8 Å². The summed E-state index contributed by atoms with van der Waals surface area (Å²) in [6.45, 7) is 5.77. The Hall–Kier alpha value is -4.55. The molecule has 0 aliphatic carbocycles. The first-order valence-electron chi connectivity index (χ1n) is 12.1. The molecule has 0 spiro atoms. The number of aryl methyl sites for hydroxylation is 1. The summed E-state index contributed by atoms with van der Waals surface area (Å²) in [4.78, 5) is 20.1. The average Bonchev–Trinajstić information content (AvgIpc) is 3.34. The third-order valence-electron chi connectivity index (χ3n) is 5.42. The molecular formula is C28H31N5O6S. The molecule has 4 aromatic rings. The maximum absolute atomic E-state index is 11.8. The summed E-state index contributed by atoms with van der Waals surface area (Å²) in [6.07, 6.45) is 0. The van der Waals surface area contributed by atoms with Crippen LogP contribution in [0.2, 0.25) is 0 Å². The number of methoxy groups -OCH3 is 2. The van der Waals surface area contributed by atoms with E-state index in [1.165, 1.54) is 19.2 Å². The number of amides is 1. The van der Waals surface area contributed by atoms with Gasteiger partial charge in [-0.3, -0.25) is 4.79 Å². The molecule has 1 aromatic heterocycles. The first-order chi connectivity index (χ1) is 19.1. The van der Waals surface area contributed by atoms with E-state index in [1.807, 2.05) is 31.2 Å². The zero-order chi connectivity index (χ0) is 29.3. The molecule has 0 unspecified atom stereocenters. The van der Waals surface area contributed by atoms with Crippen LogP contribution in [0.3, 0.4) is 0 Å². The molecular weight excluding hydrogens is 534 g/mol. The van der Waals surface area contributed by atoms with Gasteiger partial charge in [-0.25, -0.2) is 23.2 Å².